The van der Waals surface area contributed by atoms with Gasteiger partial charge in [-0.15, -0.1) is 10.2 Å². The average Bonchev–Trinajstić information content (AvgIpc) is 3.18. The summed E-state index contributed by atoms with van der Waals surface area (Å²) >= 11 is 1.38. The minimum atomic E-state index is -0.334. The van der Waals surface area contributed by atoms with Crippen molar-refractivity contribution in [2.24, 2.45) is 0 Å². The fourth-order valence-corrected chi connectivity index (χ4v) is 3.98. The summed E-state index contributed by atoms with van der Waals surface area (Å²) in [6.07, 6.45) is -0.300. The predicted octanol–water partition coefficient (Wildman–Crippen LogP) is 4.87. The first kappa shape index (κ1) is 22.7. The van der Waals surface area contributed by atoms with Gasteiger partial charge in [-0.3, -0.25) is 4.79 Å². The number of carbonyl (C=O) groups excluding carboxylic acids is 1. The Labute approximate surface area is 187 Å². The van der Waals surface area contributed by atoms with Gasteiger partial charge in [0.2, 0.25) is 5.91 Å². The SMILES string of the molecule is CCn1c(SC(C)C(=O)Nc2ccccc2C)nnc1C(C)Oc1ccc(OC)cc1. The van der Waals surface area contributed by atoms with Crippen LogP contribution in [0.15, 0.2) is 53.7 Å². The van der Waals surface area contributed by atoms with E-state index in [1.807, 2.05) is 80.8 Å². The Morgan fingerprint density at radius 2 is 1.77 bits per heavy atom. The molecule has 3 rings (SSSR count). The number of aryl methyl sites for hydroxylation is 1. The van der Waals surface area contributed by atoms with Crippen molar-refractivity contribution in [2.75, 3.05) is 12.4 Å². The Balaban J connectivity index is 1.68. The normalized spacial score (nSPS) is 12.8. The maximum atomic E-state index is 12.7. The summed E-state index contributed by atoms with van der Waals surface area (Å²) in [7, 11) is 1.63. The standard InChI is InChI=1S/C23H28N4O3S/c1-6-27-21(16(3)30-19-13-11-18(29-5)12-14-19)25-26-23(27)31-17(4)22(28)24-20-10-8-7-9-15(20)2/h7-14,16-17H,6H2,1-5H3,(H,24,28). The number of thioether (sulfide) groups is 1. The summed E-state index contributed by atoms with van der Waals surface area (Å²) in [6.45, 7) is 8.47. The van der Waals surface area contributed by atoms with Gasteiger partial charge in [-0.2, -0.15) is 0 Å². The highest BCUT2D eigenvalue weighted by Crippen LogP contribution is 2.28. The summed E-state index contributed by atoms with van der Waals surface area (Å²) in [5.41, 5.74) is 1.84. The molecule has 31 heavy (non-hydrogen) atoms. The zero-order valence-electron chi connectivity index (χ0n) is 18.5. The first-order valence-corrected chi connectivity index (χ1v) is 11.1. The third-order valence-electron chi connectivity index (χ3n) is 4.85. The highest BCUT2D eigenvalue weighted by Gasteiger charge is 2.23. The third kappa shape index (κ3) is 5.58. The summed E-state index contributed by atoms with van der Waals surface area (Å²) in [5.74, 6) is 2.13. The molecule has 2 atom stereocenters. The smallest absolute Gasteiger partial charge is 0.237 e. The molecule has 7 nitrogen and oxygen atoms in total. The minimum absolute atomic E-state index is 0.0750. The number of aromatic nitrogens is 3. The van der Waals surface area contributed by atoms with Crippen LogP contribution in [-0.4, -0.2) is 33.0 Å². The molecule has 1 N–H and O–H groups in total. The van der Waals surface area contributed by atoms with Crippen LogP contribution >= 0.6 is 11.8 Å². The monoisotopic (exact) mass is 440 g/mol. The number of anilines is 1. The largest absolute Gasteiger partial charge is 0.497 e. The molecule has 0 aliphatic heterocycles. The van der Waals surface area contributed by atoms with Crippen molar-refractivity contribution >= 4 is 23.4 Å². The number of amides is 1. The van der Waals surface area contributed by atoms with E-state index in [1.54, 1.807) is 7.11 Å². The van der Waals surface area contributed by atoms with E-state index < -0.39 is 0 Å². The van der Waals surface area contributed by atoms with Gasteiger partial charge in [0.1, 0.15) is 11.5 Å². The molecule has 0 fully saturated rings. The van der Waals surface area contributed by atoms with Crippen LogP contribution in [-0.2, 0) is 11.3 Å². The number of para-hydroxylation sites is 1. The second-order valence-corrected chi connectivity index (χ2v) is 8.39. The van der Waals surface area contributed by atoms with Gasteiger partial charge in [0, 0.05) is 12.2 Å². The lowest BCUT2D eigenvalue weighted by Crippen LogP contribution is -2.23. The fourth-order valence-electron chi connectivity index (χ4n) is 3.06. The van der Waals surface area contributed by atoms with Gasteiger partial charge < -0.3 is 19.4 Å². The molecular weight excluding hydrogens is 412 g/mol. The Morgan fingerprint density at radius 1 is 1.10 bits per heavy atom. The summed E-state index contributed by atoms with van der Waals surface area (Å²) in [4.78, 5) is 12.7. The van der Waals surface area contributed by atoms with Crippen LogP contribution in [0.3, 0.4) is 0 Å². The lowest BCUT2D eigenvalue weighted by Gasteiger charge is -2.17. The van der Waals surface area contributed by atoms with Gasteiger partial charge in [-0.25, -0.2) is 0 Å². The molecule has 1 amide bonds. The summed E-state index contributed by atoms with van der Waals surface area (Å²) < 4.78 is 13.2. The molecule has 0 bridgehead atoms. The van der Waals surface area contributed by atoms with Crippen LogP contribution in [0.2, 0.25) is 0 Å². The molecule has 0 aliphatic rings. The second kappa shape index (κ2) is 10.3. The van der Waals surface area contributed by atoms with E-state index in [0.29, 0.717) is 17.5 Å². The fraction of sp³-hybridized carbons (Fsp3) is 0.348. The number of benzene rings is 2. The van der Waals surface area contributed by atoms with E-state index >= 15 is 0 Å². The molecule has 0 saturated heterocycles. The van der Waals surface area contributed by atoms with Crippen molar-refractivity contribution in [1.82, 2.24) is 14.8 Å². The van der Waals surface area contributed by atoms with E-state index in [9.17, 15) is 4.79 Å². The summed E-state index contributed by atoms with van der Waals surface area (Å²) in [5, 5.41) is 12.0. The second-order valence-electron chi connectivity index (χ2n) is 7.08. The van der Waals surface area contributed by atoms with Crippen molar-refractivity contribution in [2.45, 2.75) is 50.8 Å². The number of ether oxygens (including phenoxy) is 2. The minimum Gasteiger partial charge on any atom is -0.497 e. The molecule has 0 spiro atoms. The molecular formula is C23H28N4O3S. The third-order valence-corrected chi connectivity index (χ3v) is 5.93. The Morgan fingerprint density at radius 3 is 2.42 bits per heavy atom. The van der Waals surface area contributed by atoms with Crippen molar-refractivity contribution in [3.8, 4) is 11.5 Å². The van der Waals surface area contributed by atoms with E-state index in [2.05, 4.69) is 15.5 Å². The molecule has 2 unspecified atom stereocenters. The lowest BCUT2D eigenvalue weighted by molar-refractivity contribution is -0.115. The Kier molecular flexibility index (Phi) is 7.57. The van der Waals surface area contributed by atoms with Crippen LogP contribution in [0.25, 0.3) is 0 Å². The quantitative estimate of drug-likeness (QED) is 0.478. The molecule has 8 heteroatoms. The van der Waals surface area contributed by atoms with E-state index in [0.717, 1.165) is 22.7 Å². The van der Waals surface area contributed by atoms with Crippen molar-refractivity contribution in [1.29, 1.82) is 0 Å². The van der Waals surface area contributed by atoms with Gasteiger partial charge in [-0.05, 0) is 63.6 Å². The van der Waals surface area contributed by atoms with Crippen LogP contribution in [0.1, 0.15) is 38.3 Å². The van der Waals surface area contributed by atoms with Crippen LogP contribution in [0.4, 0.5) is 5.69 Å². The van der Waals surface area contributed by atoms with E-state index in [-0.39, 0.29) is 17.3 Å². The molecule has 0 aliphatic carbocycles. The number of rotatable bonds is 9. The summed E-state index contributed by atoms with van der Waals surface area (Å²) in [6, 6.07) is 15.1. The highest BCUT2D eigenvalue weighted by atomic mass is 32.2. The van der Waals surface area contributed by atoms with Crippen molar-refractivity contribution < 1.29 is 14.3 Å². The Bertz CT molecular complexity index is 1020. The number of nitrogens with zero attached hydrogens (tertiary/aromatic N) is 3. The molecule has 3 aromatic rings. The maximum absolute atomic E-state index is 12.7. The molecule has 164 valence electrons. The topological polar surface area (TPSA) is 78.3 Å². The van der Waals surface area contributed by atoms with Gasteiger partial charge in [0.15, 0.2) is 17.1 Å². The van der Waals surface area contributed by atoms with Gasteiger partial charge in [0.05, 0.1) is 12.4 Å². The van der Waals surface area contributed by atoms with Crippen molar-refractivity contribution in [3.05, 3.63) is 59.9 Å². The number of carbonyl (C=O) groups is 1. The number of hydrogen-bond donors (Lipinski definition) is 1. The van der Waals surface area contributed by atoms with Crippen LogP contribution < -0.4 is 14.8 Å². The predicted molar refractivity (Wildman–Crippen MR) is 123 cm³/mol. The average molecular weight is 441 g/mol. The molecule has 0 saturated carbocycles. The highest BCUT2D eigenvalue weighted by molar-refractivity contribution is 8.00. The van der Waals surface area contributed by atoms with Gasteiger partial charge in [-0.1, -0.05) is 30.0 Å². The number of nitrogens with one attached hydrogen (secondary N) is 1. The van der Waals surface area contributed by atoms with Gasteiger partial charge in [0.25, 0.3) is 0 Å². The number of methoxy groups -OCH3 is 1. The zero-order chi connectivity index (χ0) is 22.4. The first-order valence-electron chi connectivity index (χ1n) is 10.2. The van der Waals surface area contributed by atoms with E-state index in [4.69, 9.17) is 9.47 Å². The first-order chi connectivity index (χ1) is 14.9. The Hall–Kier alpha value is -3.00. The maximum Gasteiger partial charge on any atom is 0.237 e. The van der Waals surface area contributed by atoms with Gasteiger partial charge >= 0.3 is 0 Å². The molecule has 1 heterocycles. The zero-order valence-corrected chi connectivity index (χ0v) is 19.3. The number of hydrogen-bond acceptors (Lipinski definition) is 6. The molecule has 1 aromatic heterocycles. The van der Waals surface area contributed by atoms with Crippen molar-refractivity contribution in [3.63, 3.8) is 0 Å². The molecule has 2 aromatic carbocycles. The van der Waals surface area contributed by atoms with E-state index in [1.165, 1.54) is 11.8 Å². The molecule has 0 radical (unpaired) electrons. The lowest BCUT2D eigenvalue weighted by atomic mass is 10.2. The van der Waals surface area contributed by atoms with Crippen LogP contribution in [0.5, 0.6) is 11.5 Å². The van der Waals surface area contributed by atoms with Crippen LogP contribution in [0, 0.1) is 6.92 Å².